The molecule has 1 aromatic carbocycles. The van der Waals surface area contributed by atoms with E-state index in [4.69, 9.17) is 4.52 Å². The van der Waals surface area contributed by atoms with Gasteiger partial charge in [0, 0.05) is 18.9 Å². The first-order valence-electron chi connectivity index (χ1n) is 7.64. The van der Waals surface area contributed by atoms with E-state index in [1.807, 2.05) is 19.1 Å². The minimum absolute atomic E-state index is 0.180. The number of hydrogen-bond acceptors (Lipinski definition) is 6. The van der Waals surface area contributed by atoms with E-state index >= 15 is 0 Å². The van der Waals surface area contributed by atoms with Crippen molar-refractivity contribution in [2.24, 2.45) is 0 Å². The lowest BCUT2D eigenvalue weighted by molar-refractivity contribution is -0.116. The van der Waals surface area contributed by atoms with Crippen molar-refractivity contribution in [3.8, 4) is 0 Å². The standard InChI is InChI=1S/C16H18N6O2/c1-11-3-5-13(6-4-11)10-15-18-21-22(19-15)8-7-16(23)17-14-9-12(2)24-20-14/h3-6,9H,7-8,10H2,1-2H3,(H,17,20,23). The fraction of sp³-hybridized carbons (Fsp3) is 0.312. The van der Waals surface area contributed by atoms with E-state index in [1.165, 1.54) is 10.4 Å². The fourth-order valence-corrected chi connectivity index (χ4v) is 2.16. The van der Waals surface area contributed by atoms with Crippen LogP contribution in [0.15, 0.2) is 34.9 Å². The number of amides is 1. The van der Waals surface area contributed by atoms with Crippen LogP contribution >= 0.6 is 0 Å². The molecule has 0 radical (unpaired) electrons. The van der Waals surface area contributed by atoms with Gasteiger partial charge in [0.2, 0.25) is 5.91 Å². The molecule has 0 spiro atoms. The third-order valence-corrected chi connectivity index (χ3v) is 3.41. The summed E-state index contributed by atoms with van der Waals surface area (Å²) < 4.78 is 4.89. The van der Waals surface area contributed by atoms with Crippen molar-refractivity contribution < 1.29 is 9.32 Å². The molecule has 3 aromatic rings. The lowest BCUT2D eigenvalue weighted by Crippen LogP contribution is -2.16. The molecule has 8 heteroatoms. The average Bonchev–Trinajstić information content (AvgIpc) is 3.17. The normalized spacial score (nSPS) is 10.8. The summed E-state index contributed by atoms with van der Waals surface area (Å²) in [5, 5.41) is 18.7. The van der Waals surface area contributed by atoms with Gasteiger partial charge in [0.25, 0.3) is 0 Å². The van der Waals surface area contributed by atoms with Crippen molar-refractivity contribution in [2.75, 3.05) is 5.32 Å². The number of nitrogens with zero attached hydrogens (tertiary/aromatic N) is 5. The van der Waals surface area contributed by atoms with Gasteiger partial charge in [-0.05, 0) is 24.6 Å². The predicted octanol–water partition coefficient (Wildman–Crippen LogP) is 1.90. The van der Waals surface area contributed by atoms with Crippen LogP contribution in [0.5, 0.6) is 0 Å². The zero-order valence-electron chi connectivity index (χ0n) is 13.6. The Bertz CT molecular complexity index is 821. The van der Waals surface area contributed by atoms with Crippen molar-refractivity contribution >= 4 is 11.7 Å². The van der Waals surface area contributed by atoms with E-state index in [0.717, 1.165) is 5.56 Å². The average molecular weight is 326 g/mol. The molecular weight excluding hydrogens is 308 g/mol. The molecule has 24 heavy (non-hydrogen) atoms. The van der Waals surface area contributed by atoms with Crippen LogP contribution in [-0.4, -0.2) is 31.3 Å². The van der Waals surface area contributed by atoms with Gasteiger partial charge in [0.05, 0.1) is 6.54 Å². The van der Waals surface area contributed by atoms with E-state index in [9.17, 15) is 4.79 Å². The first kappa shape index (κ1) is 15.9. The third-order valence-electron chi connectivity index (χ3n) is 3.41. The Morgan fingerprint density at radius 2 is 2.04 bits per heavy atom. The molecule has 1 amide bonds. The number of aromatic nitrogens is 5. The monoisotopic (exact) mass is 326 g/mol. The molecule has 3 rings (SSSR count). The molecule has 2 aromatic heterocycles. The van der Waals surface area contributed by atoms with Gasteiger partial charge in [-0.1, -0.05) is 35.0 Å². The van der Waals surface area contributed by atoms with Gasteiger partial charge in [0.15, 0.2) is 11.6 Å². The second-order valence-corrected chi connectivity index (χ2v) is 5.58. The van der Waals surface area contributed by atoms with Crippen LogP contribution in [0.25, 0.3) is 0 Å². The van der Waals surface area contributed by atoms with E-state index < -0.39 is 0 Å². The van der Waals surface area contributed by atoms with Crippen LogP contribution in [0.2, 0.25) is 0 Å². The number of tetrazole rings is 1. The van der Waals surface area contributed by atoms with Crippen molar-refractivity contribution in [1.82, 2.24) is 25.4 Å². The summed E-state index contributed by atoms with van der Waals surface area (Å²) in [7, 11) is 0. The summed E-state index contributed by atoms with van der Waals surface area (Å²) in [6, 6.07) is 9.85. The zero-order chi connectivity index (χ0) is 16.9. The largest absolute Gasteiger partial charge is 0.360 e. The first-order valence-corrected chi connectivity index (χ1v) is 7.64. The molecule has 0 aliphatic carbocycles. The van der Waals surface area contributed by atoms with Crippen molar-refractivity contribution in [2.45, 2.75) is 33.2 Å². The molecule has 0 aliphatic heterocycles. The lowest BCUT2D eigenvalue weighted by Gasteiger charge is -2.00. The smallest absolute Gasteiger partial charge is 0.227 e. The fourth-order valence-electron chi connectivity index (χ4n) is 2.16. The second kappa shape index (κ2) is 7.03. The maximum Gasteiger partial charge on any atom is 0.227 e. The van der Waals surface area contributed by atoms with Gasteiger partial charge in [0.1, 0.15) is 5.76 Å². The van der Waals surface area contributed by atoms with Crippen LogP contribution in [0.4, 0.5) is 5.82 Å². The van der Waals surface area contributed by atoms with Crippen molar-refractivity contribution in [3.63, 3.8) is 0 Å². The van der Waals surface area contributed by atoms with E-state index in [0.29, 0.717) is 30.4 Å². The van der Waals surface area contributed by atoms with E-state index in [1.54, 1.807) is 13.0 Å². The number of carbonyl (C=O) groups is 1. The molecule has 1 N–H and O–H groups in total. The Morgan fingerprint density at radius 3 is 2.75 bits per heavy atom. The van der Waals surface area contributed by atoms with Gasteiger partial charge >= 0.3 is 0 Å². The molecule has 0 fully saturated rings. The number of carbonyl (C=O) groups excluding carboxylic acids is 1. The van der Waals surface area contributed by atoms with Crippen molar-refractivity contribution in [1.29, 1.82) is 0 Å². The molecule has 0 aliphatic rings. The van der Waals surface area contributed by atoms with Crippen LogP contribution in [0.3, 0.4) is 0 Å². The molecule has 2 heterocycles. The lowest BCUT2D eigenvalue weighted by atomic mass is 10.1. The summed E-state index contributed by atoms with van der Waals surface area (Å²) in [6.07, 6.45) is 0.844. The molecule has 0 atom stereocenters. The first-order chi connectivity index (χ1) is 11.6. The minimum Gasteiger partial charge on any atom is -0.360 e. The number of anilines is 1. The Morgan fingerprint density at radius 1 is 1.25 bits per heavy atom. The summed E-state index contributed by atoms with van der Waals surface area (Å²) in [4.78, 5) is 13.3. The highest BCUT2D eigenvalue weighted by Gasteiger charge is 2.09. The Hall–Kier alpha value is -3.03. The molecular formula is C16H18N6O2. The van der Waals surface area contributed by atoms with Crippen LogP contribution in [0.1, 0.15) is 29.1 Å². The highest BCUT2D eigenvalue weighted by atomic mass is 16.5. The molecule has 0 saturated carbocycles. The van der Waals surface area contributed by atoms with Gasteiger partial charge in [-0.15, -0.1) is 10.2 Å². The maximum atomic E-state index is 11.8. The number of aryl methyl sites for hydroxylation is 3. The molecule has 124 valence electrons. The number of rotatable bonds is 6. The Balaban J connectivity index is 1.50. The van der Waals surface area contributed by atoms with Crippen LogP contribution in [-0.2, 0) is 17.8 Å². The quantitative estimate of drug-likeness (QED) is 0.743. The van der Waals surface area contributed by atoms with Gasteiger partial charge in [-0.25, -0.2) is 0 Å². The Kier molecular flexibility index (Phi) is 4.64. The topological polar surface area (TPSA) is 98.7 Å². The third kappa shape index (κ3) is 4.25. The number of nitrogens with one attached hydrogen (secondary N) is 1. The summed E-state index contributed by atoms with van der Waals surface area (Å²) in [6.45, 7) is 4.16. The Labute approximate surface area is 138 Å². The molecule has 0 bridgehead atoms. The van der Waals surface area contributed by atoms with Crippen molar-refractivity contribution in [3.05, 3.63) is 53.0 Å². The summed E-state index contributed by atoms with van der Waals surface area (Å²) >= 11 is 0. The molecule has 0 unspecified atom stereocenters. The highest BCUT2D eigenvalue weighted by molar-refractivity contribution is 5.89. The summed E-state index contributed by atoms with van der Waals surface area (Å²) in [5.74, 6) is 1.50. The minimum atomic E-state index is -0.180. The van der Waals surface area contributed by atoms with E-state index in [-0.39, 0.29) is 12.3 Å². The molecule has 0 saturated heterocycles. The van der Waals surface area contributed by atoms with Gasteiger partial charge in [-0.3, -0.25) is 4.79 Å². The van der Waals surface area contributed by atoms with Crippen LogP contribution in [0, 0.1) is 13.8 Å². The highest BCUT2D eigenvalue weighted by Crippen LogP contribution is 2.08. The van der Waals surface area contributed by atoms with E-state index in [2.05, 4.69) is 38.0 Å². The van der Waals surface area contributed by atoms with Crippen LogP contribution < -0.4 is 5.32 Å². The second-order valence-electron chi connectivity index (χ2n) is 5.58. The maximum absolute atomic E-state index is 11.8. The van der Waals surface area contributed by atoms with Gasteiger partial charge < -0.3 is 9.84 Å². The number of benzene rings is 1. The predicted molar refractivity (Wildman–Crippen MR) is 86.3 cm³/mol. The summed E-state index contributed by atoms with van der Waals surface area (Å²) in [5.41, 5.74) is 2.34. The number of hydrogen-bond donors (Lipinski definition) is 1. The SMILES string of the molecule is Cc1ccc(Cc2nnn(CCC(=O)Nc3cc(C)on3)n2)cc1. The zero-order valence-corrected chi connectivity index (χ0v) is 13.6. The van der Waals surface area contributed by atoms with Gasteiger partial charge in [-0.2, -0.15) is 4.80 Å². The molecule has 8 nitrogen and oxygen atoms in total.